The van der Waals surface area contributed by atoms with Crippen molar-refractivity contribution in [2.45, 2.75) is 0 Å². The fourth-order valence-electron chi connectivity index (χ4n) is 18.4. The molecule has 135 heavy (non-hydrogen) atoms. The average molecular weight is 1730 g/mol. The number of hydrogen-bond acceptors (Lipinski definition) is 12. The number of rotatable bonds is 14. The summed E-state index contributed by atoms with van der Waals surface area (Å²) in [5.74, 6) is 5.58. The predicted molar refractivity (Wildman–Crippen MR) is 550 cm³/mol. The van der Waals surface area contributed by atoms with Crippen LogP contribution in [0.2, 0.25) is 0 Å². The van der Waals surface area contributed by atoms with E-state index in [1.807, 2.05) is 152 Å². The van der Waals surface area contributed by atoms with Crippen molar-refractivity contribution in [3.63, 3.8) is 0 Å². The first-order chi connectivity index (χ1) is 66.9. The molecule has 632 valence electrons. The van der Waals surface area contributed by atoms with Gasteiger partial charge in [0.2, 0.25) is 0 Å². The van der Waals surface area contributed by atoms with Gasteiger partial charge >= 0.3 is 0 Å². The first-order valence-corrected chi connectivity index (χ1v) is 45.0. The average Bonchev–Trinajstić information content (AvgIpc) is 1.64. The molecule has 0 unspecified atom stereocenters. The van der Waals surface area contributed by atoms with Crippen molar-refractivity contribution < 1.29 is 13.3 Å². The van der Waals surface area contributed by atoms with E-state index in [1.165, 1.54) is 22.1 Å². The molecule has 12 heteroatoms. The van der Waals surface area contributed by atoms with Crippen LogP contribution in [0, 0.1) is 0 Å². The molecule has 0 atom stereocenters. The van der Waals surface area contributed by atoms with Gasteiger partial charge in [-0.2, -0.15) is 0 Å². The van der Waals surface area contributed by atoms with Crippen LogP contribution >= 0.6 is 0 Å². The van der Waals surface area contributed by atoms with Gasteiger partial charge < -0.3 is 13.3 Å². The molecule has 26 rings (SSSR count). The van der Waals surface area contributed by atoms with E-state index in [9.17, 15) is 0 Å². The minimum Gasteiger partial charge on any atom is -0.456 e. The monoisotopic (exact) mass is 1730 g/mol. The van der Waals surface area contributed by atoms with Crippen LogP contribution in [-0.2, 0) is 0 Å². The van der Waals surface area contributed by atoms with Crippen LogP contribution in [0.3, 0.4) is 0 Å². The molecule has 20 aromatic carbocycles. The summed E-state index contributed by atoms with van der Waals surface area (Å²) in [5.41, 5.74) is 24.8. The highest BCUT2D eigenvalue weighted by Crippen LogP contribution is 2.45. The normalized spacial score (nSPS) is 11.4. The second-order valence-electron chi connectivity index (χ2n) is 33.4. The fourth-order valence-corrected chi connectivity index (χ4v) is 18.4. The Bertz CT molecular complexity index is 8960. The van der Waals surface area contributed by atoms with Crippen molar-refractivity contribution in [3.8, 4) is 158 Å². The molecule has 0 radical (unpaired) electrons. The summed E-state index contributed by atoms with van der Waals surface area (Å²) < 4.78 is 19.3. The molecule has 0 amide bonds. The number of hydrogen-bond donors (Lipinski definition) is 0. The maximum atomic E-state index is 6.48. The maximum Gasteiger partial charge on any atom is 0.164 e. The van der Waals surface area contributed by atoms with E-state index >= 15 is 0 Å². The largest absolute Gasteiger partial charge is 0.456 e. The lowest BCUT2D eigenvalue weighted by Crippen LogP contribution is -2.00. The van der Waals surface area contributed by atoms with Crippen molar-refractivity contribution >= 4 is 98.1 Å². The van der Waals surface area contributed by atoms with Gasteiger partial charge in [-0.15, -0.1) is 0 Å². The fraction of sp³-hybridized carbons (Fsp3) is 0. The van der Waals surface area contributed by atoms with Crippen LogP contribution in [0.4, 0.5) is 0 Å². The summed E-state index contributed by atoms with van der Waals surface area (Å²) in [4.78, 5) is 45.0. The Morgan fingerprint density at radius 1 is 0.119 bits per heavy atom. The third kappa shape index (κ3) is 15.7. The Kier molecular flexibility index (Phi) is 20.7. The van der Waals surface area contributed by atoms with E-state index in [1.54, 1.807) is 0 Å². The third-order valence-electron chi connectivity index (χ3n) is 25.0. The SMILES string of the molecule is c1ccc(-c2ccc(-c3cccc4oc5cc(-c6nc(-c7ccccc7)nc(-c7ccc8ccccc8c7)n6)ccc5c34)cc2)cc1.c1ccc(-c2ccc(-c3nc(-c4ccc5c(c4)oc4cccc(-c6ccccc6)c45)nc(-c4cccc5ccccc45)n3)cc2)cc1.c1ccc(-c2nc(-c3ccc4c(c3)oc3cccc(-c5ccccc5)c34)nc(-c3cccc4ccccc34)n2)cc1. The first kappa shape index (κ1) is 80.0. The van der Waals surface area contributed by atoms with Gasteiger partial charge in [0.15, 0.2) is 52.4 Å². The lowest BCUT2D eigenvalue weighted by atomic mass is 9.96. The van der Waals surface area contributed by atoms with Crippen LogP contribution in [0.5, 0.6) is 0 Å². The van der Waals surface area contributed by atoms with Gasteiger partial charge in [-0.1, -0.05) is 406 Å². The molecule has 6 heterocycles. The summed E-state index contributed by atoms with van der Waals surface area (Å²) in [6.07, 6.45) is 0. The zero-order valence-corrected chi connectivity index (χ0v) is 72.7. The Balaban J connectivity index is 0.000000111. The number of nitrogens with zero attached hydrogens (tertiary/aromatic N) is 9. The molecule has 0 spiro atoms. The van der Waals surface area contributed by atoms with Gasteiger partial charge in [-0.3, -0.25) is 0 Å². The molecule has 0 saturated heterocycles. The van der Waals surface area contributed by atoms with E-state index in [2.05, 4.69) is 315 Å². The van der Waals surface area contributed by atoms with Crippen LogP contribution in [0.1, 0.15) is 0 Å². The van der Waals surface area contributed by atoms with Gasteiger partial charge in [0.1, 0.15) is 33.5 Å². The smallest absolute Gasteiger partial charge is 0.164 e. The van der Waals surface area contributed by atoms with Crippen LogP contribution in [0.25, 0.3) is 256 Å². The number of fused-ring (bicyclic) bond motifs is 12. The summed E-state index contributed by atoms with van der Waals surface area (Å²) in [6.45, 7) is 0. The van der Waals surface area contributed by atoms with E-state index in [0.29, 0.717) is 52.4 Å². The van der Waals surface area contributed by atoms with E-state index in [-0.39, 0.29) is 0 Å². The van der Waals surface area contributed by atoms with Crippen molar-refractivity contribution in [3.05, 3.63) is 467 Å². The Morgan fingerprint density at radius 2 is 0.348 bits per heavy atom. The summed E-state index contributed by atoms with van der Waals surface area (Å²) >= 11 is 0. The molecule has 12 nitrogen and oxygen atoms in total. The first-order valence-electron chi connectivity index (χ1n) is 45.0. The Hall–Kier alpha value is -18.4. The summed E-state index contributed by atoms with van der Waals surface area (Å²) in [5, 5.41) is 13.3. The Morgan fingerprint density at radius 3 is 0.719 bits per heavy atom. The Labute approximate surface area is 776 Å². The number of furan rings is 3. The van der Waals surface area contributed by atoms with Crippen molar-refractivity contribution in [1.82, 2.24) is 44.9 Å². The highest BCUT2D eigenvalue weighted by Gasteiger charge is 2.24. The zero-order valence-electron chi connectivity index (χ0n) is 72.7. The van der Waals surface area contributed by atoms with Gasteiger partial charge in [0.05, 0.1) is 0 Å². The summed E-state index contributed by atoms with van der Waals surface area (Å²) in [6, 6.07) is 160. The molecule has 0 fully saturated rings. The number of aromatic nitrogens is 9. The van der Waals surface area contributed by atoms with Gasteiger partial charge in [0, 0.05) is 82.4 Å². The molecule has 0 aliphatic rings. The zero-order chi connectivity index (χ0) is 89.5. The minimum absolute atomic E-state index is 0.593. The van der Waals surface area contributed by atoms with Gasteiger partial charge in [0.25, 0.3) is 0 Å². The van der Waals surface area contributed by atoms with Gasteiger partial charge in [-0.05, 0) is 149 Å². The van der Waals surface area contributed by atoms with Crippen LogP contribution in [0.15, 0.2) is 480 Å². The molecular weight excluding hydrogens is 1650 g/mol. The minimum atomic E-state index is 0.593. The van der Waals surface area contributed by atoms with Crippen molar-refractivity contribution in [2.75, 3.05) is 0 Å². The van der Waals surface area contributed by atoms with Gasteiger partial charge in [-0.25, -0.2) is 44.9 Å². The molecule has 0 saturated carbocycles. The van der Waals surface area contributed by atoms with Crippen molar-refractivity contribution in [1.29, 1.82) is 0 Å². The van der Waals surface area contributed by atoms with Crippen LogP contribution < -0.4 is 0 Å². The molecule has 6 aromatic heterocycles. The molecule has 0 bridgehead atoms. The van der Waals surface area contributed by atoms with Crippen LogP contribution in [-0.4, -0.2) is 44.9 Å². The summed E-state index contributed by atoms with van der Waals surface area (Å²) in [7, 11) is 0. The maximum absolute atomic E-state index is 6.48. The van der Waals surface area contributed by atoms with E-state index in [0.717, 1.165) is 182 Å². The highest BCUT2D eigenvalue weighted by atomic mass is 16.3. The van der Waals surface area contributed by atoms with E-state index in [4.69, 9.17) is 58.1 Å². The lowest BCUT2D eigenvalue weighted by molar-refractivity contribution is 0.668. The third-order valence-corrected chi connectivity index (χ3v) is 25.0. The molecule has 0 aliphatic heterocycles. The molecule has 0 aliphatic carbocycles. The van der Waals surface area contributed by atoms with E-state index < -0.39 is 0 Å². The predicted octanol–water partition coefficient (Wildman–Crippen LogP) is 32.1. The van der Waals surface area contributed by atoms with Crippen molar-refractivity contribution in [2.24, 2.45) is 0 Å². The second kappa shape index (κ2) is 34.9. The molecule has 0 N–H and O–H groups in total. The molecule has 26 aromatic rings. The second-order valence-corrected chi connectivity index (χ2v) is 33.4. The molecular formula is C123H77N9O3. The standard InChI is InChI=1S/2C43H27N3O.C37H23N3O/c1-3-11-28(12-4-1)29-21-23-32(24-22-29)41-44-42(46-43(45-41)36-19-9-16-30-15-7-8-17-34(30)36)33-25-26-37-39(27-33)47-38-20-10-18-35(40(37)38)31-13-5-2-6-14-31;1-3-10-28(11-4-1)30-18-21-31(22-19-30)36-16-9-17-38-40(36)37-25-24-35(27-39(37)47-38)43-45-41(32-13-5-2-6-14-32)44-42(46-43)34-23-20-29-12-7-8-15-33(29)26-34;1-3-11-25(12-4-1)29-18-10-20-32-34(29)31-22-21-27(23-33(31)41-32)36-38-35(26-14-5-2-6-15-26)39-37(40-36)30-19-9-16-24-13-7-8-17-28(24)30/h2*1-27H;1-23H. The number of benzene rings is 20. The topological polar surface area (TPSA) is 155 Å². The highest BCUT2D eigenvalue weighted by molar-refractivity contribution is 6.16. The quantitative estimate of drug-likeness (QED) is 0.102. The lowest BCUT2D eigenvalue weighted by Gasteiger charge is -2.11.